The Bertz CT molecular complexity index is 5660. The molecule has 0 aliphatic carbocycles. The van der Waals surface area contributed by atoms with Gasteiger partial charge in [-0.3, -0.25) is 0 Å². The molecule has 3 aromatic heterocycles. The van der Waals surface area contributed by atoms with Gasteiger partial charge in [0.1, 0.15) is 0 Å². The lowest BCUT2D eigenvalue weighted by Gasteiger charge is -2.29. The van der Waals surface area contributed by atoms with Crippen molar-refractivity contribution in [1.29, 1.82) is 0 Å². The van der Waals surface area contributed by atoms with Crippen molar-refractivity contribution in [2.45, 2.75) is 13.8 Å². The molecule has 442 valence electrons. The highest BCUT2D eigenvalue weighted by Gasteiger charge is 2.30. The predicted octanol–water partition coefficient (Wildman–Crippen LogP) is 23.4. The van der Waals surface area contributed by atoms with E-state index in [1.807, 2.05) is 24.3 Å². The second-order valence-electron chi connectivity index (χ2n) is 24.4. The van der Waals surface area contributed by atoms with Crippen molar-refractivity contribution in [3.63, 3.8) is 0 Å². The molecule has 0 fully saturated rings. The normalized spacial score (nSPS) is 11.5. The van der Waals surface area contributed by atoms with Gasteiger partial charge in [0.2, 0.25) is 0 Å². The van der Waals surface area contributed by atoms with Crippen LogP contribution < -0.4 is 0 Å². The summed E-state index contributed by atoms with van der Waals surface area (Å²) in [5.41, 5.74) is 27.6. The van der Waals surface area contributed by atoms with Gasteiger partial charge in [-0.15, -0.1) is 0 Å². The van der Waals surface area contributed by atoms with E-state index in [1.165, 1.54) is 43.7 Å². The molecule has 94 heavy (non-hydrogen) atoms. The minimum atomic E-state index is 0.589. The average Bonchev–Trinajstić information content (AvgIpc) is 1.32. The lowest BCUT2D eigenvalue weighted by Crippen LogP contribution is -2.03. The third-order valence-electron chi connectivity index (χ3n) is 18.5. The Labute approximate surface area is 546 Å². The van der Waals surface area contributed by atoms with Gasteiger partial charge in [0.05, 0.1) is 22.1 Å². The first-order chi connectivity index (χ1) is 46.5. The van der Waals surface area contributed by atoms with Crippen molar-refractivity contribution in [3.05, 3.63) is 345 Å². The van der Waals surface area contributed by atoms with E-state index in [0.29, 0.717) is 17.5 Å². The summed E-state index contributed by atoms with van der Waals surface area (Å²) in [6.07, 6.45) is 0. The maximum absolute atomic E-state index is 5.32. The smallest absolute Gasteiger partial charge is 0.164 e. The molecule has 0 spiro atoms. The molecular formula is C89H61N5. The molecule has 0 amide bonds. The highest BCUT2D eigenvalue weighted by atomic mass is 15.0. The van der Waals surface area contributed by atoms with Crippen molar-refractivity contribution >= 4 is 43.6 Å². The van der Waals surface area contributed by atoms with E-state index in [9.17, 15) is 0 Å². The molecule has 0 bridgehead atoms. The highest BCUT2D eigenvalue weighted by molar-refractivity contribution is 6.24. The number of hydrogen-bond acceptors (Lipinski definition) is 3. The van der Waals surface area contributed by atoms with Gasteiger partial charge in [0, 0.05) is 49.6 Å². The van der Waals surface area contributed by atoms with Crippen LogP contribution in [0, 0.1) is 13.8 Å². The molecule has 17 aromatic rings. The van der Waals surface area contributed by atoms with Gasteiger partial charge in [-0.05, 0) is 134 Å². The molecule has 0 saturated heterocycles. The maximum atomic E-state index is 5.32. The van der Waals surface area contributed by atoms with Crippen LogP contribution in [0.3, 0.4) is 0 Å². The van der Waals surface area contributed by atoms with Gasteiger partial charge in [0.25, 0.3) is 0 Å². The second kappa shape index (κ2) is 23.5. The SMILES string of the molecule is Cc1ccc(-c2c(-c3ccccc3)c(-c3ccccc3)c(-c3ccc(C)cc3)c(-c3ccc(-n4c5ccccc5c5ccc6c7ccccc7n(-c7ccccc7)c6c54)cc3)c2-c2ccc(-c3nc(-c4ccccc4)nc(-c4cccc(-c5ccccc5)c4)n3)cc2)cc1. The molecule has 5 nitrogen and oxygen atoms in total. The largest absolute Gasteiger partial charge is 0.307 e. The van der Waals surface area contributed by atoms with E-state index in [4.69, 9.17) is 15.0 Å². The summed E-state index contributed by atoms with van der Waals surface area (Å²) >= 11 is 0. The first-order valence-electron chi connectivity index (χ1n) is 32.2. The topological polar surface area (TPSA) is 48.5 Å². The summed E-state index contributed by atoms with van der Waals surface area (Å²) in [5, 5.41) is 4.84. The number of aromatic nitrogens is 5. The quantitative estimate of drug-likeness (QED) is 0.122. The van der Waals surface area contributed by atoms with Crippen LogP contribution in [0.5, 0.6) is 0 Å². The first-order valence-corrected chi connectivity index (χ1v) is 32.2. The summed E-state index contributed by atoms with van der Waals surface area (Å²) in [6.45, 7) is 4.34. The maximum Gasteiger partial charge on any atom is 0.164 e. The molecule has 0 saturated carbocycles. The number of aryl methyl sites for hydroxylation is 2. The Hall–Kier alpha value is -12.3. The summed E-state index contributed by atoms with van der Waals surface area (Å²) in [5.74, 6) is 1.80. The molecule has 3 heterocycles. The number of hydrogen-bond donors (Lipinski definition) is 0. The molecule has 14 aromatic carbocycles. The van der Waals surface area contributed by atoms with Gasteiger partial charge in [-0.1, -0.05) is 302 Å². The molecule has 0 aliphatic heterocycles. The monoisotopic (exact) mass is 1200 g/mol. The minimum absolute atomic E-state index is 0.589. The Morgan fingerprint density at radius 1 is 0.202 bits per heavy atom. The van der Waals surface area contributed by atoms with Gasteiger partial charge in [-0.2, -0.15) is 0 Å². The third kappa shape index (κ3) is 9.77. The molecular weight excluding hydrogens is 1140 g/mol. The van der Waals surface area contributed by atoms with Crippen LogP contribution in [0.25, 0.3) is 167 Å². The fourth-order valence-electron chi connectivity index (χ4n) is 14.1. The van der Waals surface area contributed by atoms with Crippen LogP contribution in [0.2, 0.25) is 0 Å². The first kappa shape index (κ1) is 55.7. The number of rotatable bonds is 12. The Morgan fingerprint density at radius 2 is 0.489 bits per heavy atom. The third-order valence-corrected chi connectivity index (χ3v) is 18.5. The lowest BCUT2D eigenvalue weighted by molar-refractivity contribution is 1.07. The van der Waals surface area contributed by atoms with Gasteiger partial charge < -0.3 is 9.13 Å². The summed E-state index contributed by atoms with van der Waals surface area (Å²) in [7, 11) is 0. The predicted molar refractivity (Wildman–Crippen MR) is 392 cm³/mol. The van der Waals surface area contributed by atoms with Gasteiger partial charge >= 0.3 is 0 Å². The van der Waals surface area contributed by atoms with Crippen LogP contribution in [-0.2, 0) is 0 Å². The Kier molecular flexibility index (Phi) is 13.9. The zero-order chi connectivity index (χ0) is 62.6. The van der Waals surface area contributed by atoms with Crippen molar-refractivity contribution in [2.24, 2.45) is 0 Å². The fourth-order valence-corrected chi connectivity index (χ4v) is 14.1. The minimum Gasteiger partial charge on any atom is -0.307 e. The van der Waals surface area contributed by atoms with Crippen molar-refractivity contribution in [3.8, 4) is 123 Å². The molecule has 0 unspecified atom stereocenters. The fraction of sp³-hybridized carbons (Fsp3) is 0.0225. The number of para-hydroxylation sites is 3. The van der Waals surface area contributed by atoms with Gasteiger partial charge in [0.15, 0.2) is 17.5 Å². The van der Waals surface area contributed by atoms with Crippen LogP contribution >= 0.6 is 0 Å². The molecule has 0 aliphatic rings. The number of nitrogens with zero attached hydrogens (tertiary/aromatic N) is 5. The molecule has 17 rings (SSSR count). The van der Waals surface area contributed by atoms with Crippen LogP contribution in [-0.4, -0.2) is 24.1 Å². The van der Waals surface area contributed by atoms with E-state index >= 15 is 0 Å². The van der Waals surface area contributed by atoms with E-state index in [0.717, 1.165) is 117 Å². The zero-order valence-corrected chi connectivity index (χ0v) is 52.0. The lowest BCUT2D eigenvalue weighted by atomic mass is 9.74. The highest BCUT2D eigenvalue weighted by Crippen LogP contribution is 2.56. The standard InChI is InChI=1S/C89H61N5/c1-58-39-43-63(44-40-58)81-79(61-25-10-4-11-26-61)80(62-27-12-5-13-28-62)82(64-45-41-59(2)42-46-64)84(83(81)65-47-49-68(50-48-65)88-90-87(67-29-14-6-15-30-67)91-89(92-88)70-32-22-31-69(57-70)60-23-8-3-9-24-60)66-51-53-72(54-52-66)94-78-38-21-19-36-74(78)76-56-55-75-73-35-18-20-37-77(73)93(85(75)86(76)94)71-33-16-7-17-34-71/h3-57H,1-2H3. The van der Waals surface area contributed by atoms with E-state index in [-0.39, 0.29) is 0 Å². The number of benzene rings is 14. The van der Waals surface area contributed by atoms with Crippen LogP contribution in [0.4, 0.5) is 0 Å². The van der Waals surface area contributed by atoms with E-state index in [2.05, 4.69) is 332 Å². The summed E-state index contributed by atoms with van der Waals surface area (Å²) < 4.78 is 4.96. The molecule has 0 atom stereocenters. The number of fused-ring (bicyclic) bond motifs is 7. The van der Waals surface area contributed by atoms with E-state index < -0.39 is 0 Å². The van der Waals surface area contributed by atoms with Crippen molar-refractivity contribution < 1.29 is 0 Å². The summed E-state index contributed by atoms with van der Waals surface area (Å²) in [4.78, 5) is 15.8. The average molecular weight is 1200 g/mol. The van der Waals surface area contributed by atoms with Crippen molar-refractivity contribution in [1.82, 2.24) is 24.1 Å². The van der Waals surface area contributed by atoms with Crippen LogP contribution in [0.15, 0.2) is 334 Å². The summed E-state index contributed by atoms with van der Waals surface area (Å²) in [6, 6.07) is 121. The molecule has 5 heteroatoms. The van der Waals surface area contributed by atoms with Crippen LogP contribution in [0.1, 0.15) is 11.1 Å². The van der Waals surface area contributed by atoms with Gasteiger partial charge in [-0.25, -0.2) is 15.0 Å². The van der Waals surface area contributed by atoms with E-state index in [1.54, 1.807) is 0 Å². The zero-order valence-electron chi connectivity index (χ0n) is 52.0. The second-order valence-corrected chi connectivity index (χ2v) is 24.4. The Balaban J connectivity index is 0.944. The van der Waals surface area contributed by atoms with Crippen molar-refractivity contribution in [2.75, 3.05) is 0 Å². The Morgan fingerprint density at radius 3 is 0.926 bits per heavy atom. The molecule has 0 radical (unpaired) electrons. The molecule has 0 N–H and O–H groups in total.